The molecule has 1 atom stereocenters. The van der Waals surface area contributed by atoms with E-state index in [1.165, 1.54) is 0 Å². The molecule has 2 aromatic rings. The molecule has 1 aliphatic rings. The SMILES string of the molecule is Cc1ccnc(NC(=O)[C@H]2COCC(=O)N2Cc2ccccc2)c1. The van der Waals surface area contributed by atoms with Crippen LogP contribution in [-0.2, 0) is 20.9 Å². The highest BCUT2D eigenvalue weighted by Crippen LogP contribution is 2.15. The molecular weight excluding hydrogens is 306 g/mol. The maximum atomic E-state index is 12.6. The van der Waals surface area contributed by atoms with Crippen molar-refractivity contribution in [2.75, 3.05) is 18.5 Å². The number of carbonyl (C=O) groups is 2. The Labute approximate surface area is 140 Å². The van der Waals surface area contributed by atoms with Crippen LogP contribution in [0.2, 0.25) is 0 Å². The van der Waals surface area contributed by atoms with Gasteiger partial charge in [0.2, 0.25) is 5.91 Å². The van der Waals surface area contributed by atoms with Crippen LogP contribution in [0.4, 0.5) is 5.82 Å². The number of morpholine rings is 1. The molecule has 2 heterocycles. The number of anilines is 1. The van der Waals surface area contributed by atoms with Crippen LogP contribution in [0.25, 0.3) is 0 Å². The maximum absolute atomic E-state index is 12.6. The maximum Gasteiger partial charge on any atom is 0.250 e. The van der Waals surface area contributed by atoms with Gasteiger partial charge in [0.15, 0.2) is 0 Å². The molecule has 1 aromatic carbocycles. The molecule has 1 fully saturated rings. The number of ether oxygens (including phenoxy) is 1. The fourth-order valence-corrected chi connectivity index (χ4v) is 2.61. The average molecular weight is 325 g/mol. The molecular formula is C18H19N3O3. The average Bonchev–Trinajstić information content (AvgIpc) is 2.57. The number of hydrogen-bond acceptors (Lipinski definition) is 4. The van der Waals surface area contributed by atoms with Crippen LogP contribution < -0.4 is 5.32 Å². The van der Waals surface area contributed by atoms with Crippen LogP contribution >= 0.6 is 0 Å². The third-order valence-corrected chi connectivity index (χ3v) is 3.86. The molecule has 0 bridgehead atoms. The number of hydrogen-bond donors (Lipinski definition) is 1. The number of nitrogens with zero attached hydrogens (tertiary/aromatic N) is 2. The van der Waals surface area contributed by atoms with Crippen molar-refractivity contribution in [2.45, 2.75) is 19.5 Å². The van der Waals surface area contributed by atoms with Gasteiger partial charge < -0.3 is 15.0 Å². The molecule has 24 heavy (non-hydrogen) atoms. The summed E-state index contributed by atoms with van der Waals surface area (Å²) in [5, 5.41) is 2.76. The molecule has 2 amide bonds. The summed E-state index contributed by atoms with van der Waals surface area (Å²) in [5.41, 5.74) is 1.97. The molecule has 3 rings (SSSR count). The lowest BCUT2D eigenvalue weighted by molar-refractivity contribution is -0.154. The van der Waals surface area contributed by atoms with E-state index in [2.05, 4.69) is 10.3 Å². The highest BCUT2D eigenvalue weighted by molar-refractivity contribution is 5.97. The molecule has 1 aromatic heterocycles. The Morgan fingerprint density at radius 1 is 1.33 bits per heavy atom. The van der Waals surface area contributed by atoms with Crippen molar-refractivity contribution in [3.63, 3.8) is 0 Å². The van der Waals surface area contributed by atoms with Crippen LogP contribution in [0.1, 0.15) is 11.1 Å². The molecule has 6 nitrogen and oxygen atoms in total. The first-order valence-electron chi connectivity index (χ1n) is 7.78. The standard InChI is InChI=1S/C18H19N3O3/c1-13-7-8-19-16(9-13)20-18(23)15-11-24-12-17(22)21(15)10-14-5-3-2-4-6-14/h2-9,15H,10-12H2,1H3,(H,19,20,23)/t15-/m1/s1. The summed E-state index contributed by atoms with van der Waals surface area (Å²) in [5.74, 6) is -0.0165. The van der Waals surface area contributed by atoms with E-state index >= 15 is 0 Å². The summed E-state index contributed by atoms with van der Waals surface area (Å²) in [6.07, 6.45) is 1.63. The Morgan fingerprint density at radius 2 is 2.12 bits per heavy atom. The smallest absolute Gasteiger partial charge is 0.250 e. The van der Waals surface area contributed by atoms with Crippen LogP contribution in [0, 0.1) is 6.92 Å². The lowest BCUT2D eigenvalue weighted by Crippen LogP contribution is -2.54. The molecule has 1 saturated heterocycles. The van der Waals surface area contributed by atoms with Gasteiger partial charge in [-0.1, -0.05) is 30.3 Å². The van der Waals surface area contributed by atoms with Crippen LogP contribution in [0.3, 0.4) is 0 Å². The second-order valence-electron chi connectivity index (χ2n) is 5.75. The second kappa shape index (κ2) is 7.23. The van der Waals surface area contributed by atoms with Crippen molar-refractivity contribution >= 4 is 17.6 Å². The van der Waals surface area contributed by atoms with E-state index in [4.69, 9.17) is 4.74 Å². The van der Waals surface area contributed by atoms with E-state index in [9.17, 15) is 9.59 Å². The van der Waals surface area contributed by atoms with Gasteiger partial charge in [0, 0.05) is 12.7 Å². The normalized spacial score (nSPS) is 17.6. The lowest BCUT2D eigenvalue weighted by atomic mass is 10.1. The zero-order chi connectivity index (χ0) is 16.9. The molecule has 1 aliphatic heterocycles. The largest absolute Gasteiger partial charge is 0.369 e. The Hall–Kier alpha value is -2.73. The summed E-state index contributed by atoms with van der Waals surface area (Å²) in [7, 11) is 0. The third kappa shape index (κ3) is 3.78. The van der Waals surface area contributed by atoms with Gasteiger partial charge in [-0.25, -0.2) is 4.98 Å². The second-order valence-corrected chi connectivity index (χ2v) is 5.75. The van der Waals surface area contributed by atoms with Gasteiger partial charge in [0.1, 0.15) is 18.5 Å². The summed E-state index contributed by atoms with van der Waals surface area (Å²) >= 11 is 0. The van der Waals surface area contributed by atoms with Crippen molar-refractivity contribution in [1.29, 1.82) is 0 Å². The summed E-state index contributed by atoms with van der Waals surface area (Å²) in [6.45, 7) is 2.48. The number of benzene rings is 1. The lowest BCUT2D eigenvalue weighted by Gasteiger charge is -2.34. The first-order valence-corrected chi connectivity index (χ1v) is 7.78. The highest BCUT2D eigenvalue weighted by Gasteiger charge is 2.34. The molecule has 6 heteroatoms. The number of carbonyl (C=O) groups excluding carboxylic acids is 2. The zero-order valence-corrected chi connectivity index (χ0v) is 13.4. The molecule has 124 valence electrons. The number of aromatic nitrogens is 1. The predicted molar refractivity (Wildman–Crippen MR) is 89.2 cm³/mol. The van der Waals surface area contributed by atoms with Crippen molar-refractivity contribution in [3.8, 4) is 0 Å². The van der Waals surface area contributed by atoms with E-state index in [0.717, 1.165) is 11.1 Å². The van der Waals surface area contributed by atoms with E-state index in [0.29, 0.717) is 12.4 Å². The number of rotatable bonds is 4. The van der Waals surface area contributed by atoms with Crippen molar-refractivity contribution in [3.05, 3.63) is 59.8 Å². The van der Waals surface area contributed by atoms with Gasteiger partial charge in [-0.2, -0.15) is 0 Å². The van der Waals surface area contributed by atoms with Crippen LogP contribution in [0.5, 0.6) is 0 Å². The number of amides is 2. The van der Waals surface area contributed by atoms with E-state index in [-0.39, 0.29) is 25.0 Å². The molecule has 1 N–H and O–H groups in total. The summed E-state index contributed by atoms with van der Waals surface area (Å²) in [6, 6.07) is 12.6. The fraction of sp³-hybridized carbons (Fsp3) is 0.278. The first kappa shape index (κ1) is 16.1. The Kier molecular flexibility index (Phi) is 4.86. The van der Waals surface area contributed by atoms with Crippen LogP contribution in [0.15, 0.2) is 48.7 Å². The number of nitrogens with one attached hydrogen (secondary N) is 1. The number of pyridine rings is 1. The van der Waals surface area contributed by atoms with E-state index in [1.54, 1.807) is 17.2 Å². The topological polar surface area (TPSA) is 71.5 Å². The molecule has 0 spiro atoms. The van der Waals surface area contributed by atoms with E-state index in [1.807, 2.05) is 43.3 Å². The van der Waals surface area contributed by atoms with Gasteiger partial charge in [0.05, 0.1) is 6.61 Å². The molecule has 0 aliphatic carbocycles. The summed E-state index contributed by atoms with van der Waals surface area (Å²) in [4.78, 5) is 30.5. The molecule has 0 radical (unpaired) electrons. The van der Waals surface area contributed by atoms with Crippen molar-refractivity contribution < 1.29 is 14.3 Å². The fourth-order valence-electron chi connectivity index (χ4n) is 2.61. The monoisotopic (exact) mass is 325 g/mol. The van der Waals surface area contributed by atoms with Gasteiger partial charge >= 0.3 is 0 Å². The quantitative estimate of drug-likeness (QED) is 0.930. The van der Waals surface area contributed by atoms with Gasteiger partial charge in [-0.3, -0.25) is 9.59 Å². The number of aryl methyl sites for hydroxylation is 1. The first-order chi connectivity index (χ1) is 11.6. The van der Waals surface area contributed by atoms with Gasteiger partial charge in [-0.15, -0.1) is 0 Å². The molecule has 0 saturated carbocycles. The minimum absolute atomic E-state index is 0.000686. The van der Waals surface area contributed by atoms with Crippen molar-refractivity contribution in [2.24, 2.45) is 0 Å². The summed E-state index contributed by atoms with van der Waals surface area (Å²) < 4.78 is 5.27. The zero-order valence-electron chi connectivity index (χ0n) is 13.4. The predicted octanol–water partition coefficient (Wildman–Crippen LogP) is 1.76. The molecule has 0 unspecified atom stereocenters. The minimum Gasteiger partial charge on any atom is -0.369 e. The Balaban J connectivity index is 1.75. The Bertz CT molecular complexity index is 733. The van der Waals surface area contributed by atoms with Gasteiger partial charge in [-0.05, 0) is 30.2 Å². The Morgan fingerprint density at radius 3 is 2.88 bits per heavy atom. The van der Waals surface area contributed by atoms with Crippen molar-refractivity contribution in [1.82, 2.24) is 9.88 Å². The highest BCUT2D eigenvalue weighted by atomic mass is 16.5. The minimum atomic E-state index is -0.672. The van der Waals surface area contributed by atoms with E-state index < -0.39 is 6.04 Å². The third-order valence-electron chi connectivity index (χ3n) is 3.86. The van der Waals surface area contributed by atoms with Crippen LogP contribution in [-0.4, -0.2) is 41.0 Å². The van der Waals surface area contributed by atoms with Gasteiger partial charge in [0.25, 0.3) is 5.91 Å².